The lowest BCUT2D eigenvalue weighted by Gasteiger charge is -2.58. The Kier molecular flexibility index (Phi) is 7.69. The molecule has 5 unspecified atom stereocenters. The second kappa shape index (κ2) is 9.60. The summed E-state index contributed by atoms with van der Waals surface area (Å²) in [6.07, 6.45) is 15.4. The van der Waals surface area contributed by atoms with Gasteiger partial charge in [-0.2, -0.15) is 0 Å². The van der Waals surface area contributed by atoms with Crippen LogP contribution in [0, 0.1) is 46.3 Å². The smallest absolute Gasteiger partial charge is 0.226 e. The van der Waals surface area contributed by atoms with Crippen molar-refractivity contribution in [2.24, 2.45) is 46.3 Å². The van der Waals surface area contributed by atoms with Gasteiger partial charge in [-0.3, -0.25) is 4.79 Å². The molecule has 4 rings (SSSR count). The van der Waals surface area contributed by atoms with Crippen LogP contribution < -0.4 is 0 Å². The molecule has 0 N–H and O–H groups in total. The maximum absolute atomic E-state index is 12.3. The second-order valence-electron chi connectivity index (χ2n) is 12.1. The van der Waals surface area contributed by atoms with Crippen molar-refractivity contribution in [2.75, 3.05) is 7.05 Å². The standard InChI is InChI=1S/C27H45NO.C2H6/c1-18(2)8-7-9-19(3)21-11-12-22-20-10-13-24-27(5,17-15-25(29)28(24)6)23(20)14-16-26(21,22)4;1-2/h13,18-23H,7-12,14-17H2,1-6H3;1-2H3/t19?,20?,21?,22?,23?,26-,27-;/m1./s1. The van der Waals surface area contributed by atoms with Gasteiger partial charge in [0.05, 0.1) is 0 Å². The maximum Gasteiger partial charge on any atom is 0.226 e. The number of amides is 1. The number of carbonyl (C=O) groups excluding carboxylic acids is 1. The Morgan fingerprint density at radius 2 is 1.74 bits per heavy atom. The van der Waals surface area contributed by atoms with E-state index in [2.05, 4.69) is 40.7 Å². The van der Waals surface area contributed by atoms with Gasteiger partial charge in [0.25, 0.3) is 0 Å². The number of carbonyl (C=O) groups is 1. The van der Waals surface area contributed by atoms with Gasteiger partial charge in [0.15, 0.2) is 0 Å². The van der Waals surface area contributed by atoms with Crippen LogP contribution in [0.15, 0.2) is 11.8 Å². The summed E-state index contributed by atoms with van der Waals surface area (Å²) in [6, 6.07) is 0. The molecule has 0 aromatic carbocycles. The number of hydrogen-bond acceptors (Lipinski definition) is 1. The maximum atomic E-state index is 12.3. The van der Waals surface area contributed by atoms with Crippen LogP contribution in [-0.2, 0) is 4.79 Å². The SMILES string of the molecule is CC.CC(C)CCCC(C)C1CCC2C3CC=C4N(C)C(=O)CC[C@]4(C)C3CC[C@]12C. The quantitative estimate of drug-likeness (QED) is 0.432. The summed E-state index contributed by atoms with van der Waals surface area (Å²) in [4.78, 5) is 14.3. The highest BCUT2D eigenvalue weighted by Gasteiger charge is 2.59. The van der Waals surface area contributed by atoms with Crippen LogP contribution in [0.5, 0.6) is 0 Å². The highest BCUT2D eigenvalue weighted by molar-refractivity contribution is 5.79. The van der Waals surface area contributed by atoms with Gasteiger partial charge < -0.3 is 4.90 Å². The number of nitrogens with zero attached hydrogens (tertiary/aromatic N) is 1. The van der Waals surface area contributed by atoms with E-state index in [4.69, 9.17) is 0 Å². The van der Waals surface area contributed by atoms with E-state index < -0.39 is 0 Å². The fraction of sp³-hybridized carbons (Fsp3) is 0.897. The molecule has 1 amide bonds. The molecule has 1 saturated heterocycles. The molecule has 2 saturated carbocycles. The Labute approximate surface area is 193 Å². The van der Waals surface area contributed by atoms with Crippen molar-refractivity contribution < 1.29 is 4.79 Å². The molecule has 1 heterocycles. The molecule has 1 aliphatic heterocycles. The molecule has 0 radical (unpaired) electrons. The fourth-order valence-corrected chi connectivity index (χ4v) is 8.60. The summed E-state index contributed by atoms with van der Waals surface area (Å²) in [6.45, 7) is 16.4. The molecule has 0 aromatic rings. The zero-order chi connectivity index (χ0) is 23.0. The summed E-state index contributed by atoms with van der Waals surface area (Å²) in [7, 11) is 2.02. The Hall–Kier alpha value is -0.790. The van der Waals surface area contributed by atoms with Gasteiger partial charge in [-0.1, -0.05) is 73.8 Å². The third-order valence-electron chi connectivity index (χ3n) is 10.2. The van der Waals surface area contributed by atoms with Crippen LogP contribution in [0.4, 0.5) is 0 Å². The van der Waals surface area contributed by atoms with E-state index in [1.54, 1.807) is 0 Å². The minimum absolute atomic E-state index is 0.230. The summed E-state index contributed by atoms with van der Waals surface area (Å²) >= 11 is 0. The third kappa shape index (κ3) is 4.26. The van der Waals surface area contributed by atoms with E-state index in [0.717, 1.165) is 48.3 Å². The zero-order valence-electron chi connectivity index (χ0n) is 22.0. The number of fused-ring (bicyclic) bond motifs is 5. The van der Waals surface area contributed by atoms with Crippen LogP contribution in [0.1, 0.15) is 113 Å². The highest BCUT2D eigenvalue weighted by atomic mass is 16.2. The minimum Gasteiger partial charge on any atom is -0.319 e. The Bertz CT molecular complexity index is 666. The average Bonchev–Trinajstić information content (AvgIpc) is 3.09. The van der Waals surface area contributed by atoms with E-state index in [0.29, 0.717) is 11.3 Å². The molecule has 3 aliphatic carbocycles. The van der Waals surface area contributed by atoms with E-state index in [9.17, 15) is 4.79 Å². The Morgan fingerprint density at radius 1 is 1.03 bits per heavy atom. The summed E-state index contributed by atoms with van der Waals surface area (Å²) < 4.78 is 0. The molecule has 178 valence electrons. The normalized spacial score (nSPS) is 40.4. The van der Waals surface area contributed by atoms with Gasteiger partial charge in [-0.15, -0.1) is 0 Å². The first-order valence-corrected chi connectivity index (χ1v) is 13.7. The van der Waals surface area contributed by atoms with Crippen LogP contribution >= 0.6 is 0 Å². The Balaban J connectivity index is 0.00000132. The summed E-state index contributed by atoms with van der Waals surface area (Å²) in [5, 5.41) is 0. The monoisotopic (exact) mass is 429 g/mol. The van der Waals surface area contributed by atoms with Crippen molar-refractivity contribution in [3.63, 3.8) is 0 Å². The number of allylic oxidation sites excluding steroid dienone is 2. The van der Waals surface area contributed by atoms with Gasteiger partial charge in [-0.25, -0.2) is 0 Å². The zero-order valence-corrected chi connectivity index (χ0v) is 22.0. The first-order chi connectivity index (χ1) is 14.7. The van der Waals surface area contributed by atoms with Crippen LogP contribution in [-0.4, -0.2) is 17.9 Å². The molecule has 31 heavy (non-hydrogen) atoms. The predicted molar refractivity (Wildman–Crippen MR) is 133 cm³/mol. The van der Waals surface area contributed by atoms with Gasteiger partial charge in [-0.05, 0) is 79.4 Å². The van der Waals surface area contributed by atoms with Crippen molar-refractivity contribution in [3.05, 3.63) is 11.8 Å². The molecule has 0 bridgehead atoms. The molecule has 7 atom stereocenters. The molecule has 0 spiro atoms. The molecule has 2 heteroatoms. The van der Waals surface area contributed by atoms with E-state index in [1.165, 1.54) is 57.1 Å². The van der Waals surface area contributed by atoms with Crippen LogP contribution in [0.25, 0.3) is 0 Å². The number of hydrogen-bond donors (Lipinski definition) is 0. The average molecular weight is 430 g/mol. The molecular weight excluding hydrogens is 378 g/mol. The topological polar surface area (TPSA) is 20.3 Å². The van der Waals surface area contributed by atoms with Gasteiger partial charge in [0.2, 0.25) is 5.91 Å². The van der Waals surface area contributed by atoms with Gasteiger partial charge in [0, 0.05) is 24.6 Å². The number of likely N-dealkylation sites (tertiary alicyclic amines) is 1. The first-order valence-electron chi connectivity index (χ1n) is 13.7. The van der Waals surface area contributed by atoms with Crippen molar-refractivity contribution in [2.45, 2.75) is 113 Å². The fourth-order valence-electron chi connectivity index (χ4n) is 8.60. The predicted octanol–water partition coefficient (Wildman–Crippen LogP) is 8.08. The van der Waals surface area contributed by atoms with Gasteiger partial charge >= 0.3 is 0 Å². The van der Waals surface area contributed by atoms with E-state index in [1.807, 2.05) is 25.8 Å². The van der Waals surface area contributed by atoms with Crippen molar-refractivity contribution in [1.82, 2.24) is 4.90 Å². The number of rotatable bonds is 5. The minimum atomic E-state index is 0.230. The highest BCUT2D eigenvalue weighted by Crippen LogP contribution is 2.67. The Morgan fingerprint density at radius 3 is 2.42 bits per heavy atom. The third-order valence-corrected chi connectivity index (χ3v) is 10.2. The van der Waals surface area contributed by atoms with Crippen molar-refractivity contribution >= 4 is 5.91 Å². The lowest BCUT2D eigenvalue weighted by molar-refractivity contribution is -0.136. The van der Waals surface area contributed by atoms with Crippen LogP contribution in [0.3, 0.4) is 0 Å². The van der Waals surface area contributed by atoms with E-state index >= 15 is 0 Å². The summed E-state index contributed by atoms with van der Waals surface area (Å²) in [5.41, 5.74) is 2.14. The number of piperidine rings is 1. The molecular formula is C29H51NO. The van der Waals surface area contributed by atoms with Crippen molar-refractivity contribution in [3.8, 4) is 0 Å². The largest absolute Gasteiger partial charge is 0.319 e. The lowest BCUT2D eigenvalue weighted by Crippen LogP contribution is -2.53. The lowest BCUT2D eigenvalue weighted by atomic mass is 9.48. The summed E-state index contributed by atoms with van der Waals surface area (Å²) in [5.74, 6) is 5.50. The van der Waals surface area contributed by atoms with Crippen molar-refractivity contribution in [1.29, 1.82) is 0 Å². The second-order valence-corrected chi connectivity index (χ2v) is 12.1. The molecule has 3 fully saturated rings. The molecule has 2 nitrogen and oxygen atoms in total. The molecule has 4 aliphatic rings. The molecule has 0 aromatic heterocycles. The van der Waals surface area contributed by atoms with Gasteiger partial charge in [0.1, 0.15) is 0 Å². The van der Waals surface area contributed by atoms with Crippen LogP contribution in [0.2, 0.25) is 0 Å². The first kappa shape index (κ1) is 24.8. The van der Waals surface area contributed by atoms with E-state index in [-0.39, 0.29) is 5.41 Å².